The van der Waals surface area contributed by atoms with Crippen molar-refractivity contribution in [3.63, 3.8) is 0 Å². The molecule has 12 rings (SSSR count). The Labute approximate surface area is 348 Å². The topological polar surface area (TPSA) is 38.9 Å². The largest absolute Gasteiger partial charge is 0.456 e. The van der Waals surface area contributed by atoms with E-state index in [0.717, 1.165) is 66.5 Å². The van der Waals surface area contributed by atoms with Crippen LogP contribution in [0.15, 0.2) is 199 Å². The molecule has 0 atom stereocenters. The minimum absolute atomic E-state index is 0.123. The molecule has 0 saturated carbocycles. The van der Waals surface area contributed by atoms with Crippen molar-refractivity contribution in [2.24, 2.45) is 0 Å². The monoisotopic (exact) mass is 766 g/mol. The van der Waals surface area contributed by atoms with Crippen LogP contribution in [0.4, 0.5) is 0 Å². The summed E-state index contributed by atoms with van der Waals surface area (Å²) in [5.41, 5.74) is 16.6. The number of nitrogens with zero attached hydrogens (tertiary/aromatic N) is 2. The highest BCUT2D eigenvalue weighted by molar-refractivity contribution is 6.13. The van der Waals surface area contributed by atoms with Crippen LogP contribution in [-0.2, 0) is 5.41 Å². The maximum atomic E-state index is 6.27. The minimum Gasteiger partial charge on any atom is -0.456 e. The number of rotatable bonds is 5. The predicted octanol–water partition coefficient (Wildman–Crippen LogP) is 15.3. The summed E-state index contributed by atoms with van der Waals surface area (Å²) in [6, 6.07) is 69.5. The van der Waals surface area contributed by atoms with E-state index in [2.05, 4.69) is 172 Å². The summed E-state index contributed by atoms with van der Waals surface area (Å²) in [7, 11) is 0. The number of furan rings is 1. The van der Waals surface area contributed by atoms with Gasteiger partial charge in [0.25, 0.3) is 0 Å². The molecule has 0 unspecified atom stereocenters. The molecule has 9 aromatic carbocycles. The van der Waals surface area contributed by atoms with Gasteiger partial charge in [0.15, 0.2) is 5.82 Å². The molecule has 0 amide bonds. The van der Waals surface area contributed by atoms with Crippen molar-refractivity contribution in [2.75, 3.05) is 0 Å². The Morgan fingerprint density at radius 1 is 0.383 bits per heavy atom. The minimum atomic E-state index is -0.123. The third-order valence-corrected chi connectivity index (χ3v) is 12.7. The van der Waals surface area contributed by atoms with E-state index in [0.29, 0.717) is 5.82 Å². The Balaban J connectivity index is 1.04. The van der Waals surface area contributed by atoms with Gasteiger partial charge >= 0.3 is 0 Å². The van der Waals surface area contributed by atoms with E-state index >= 15 is 0 Å². The fourth-order valence-corrected chi connectivity index (χ4v) is 9.77. The van der Waals surface area contributed by atoms with Gasteiger partial charge in [-0.05, 0) is 102 Å². The van der Waals surface area contributed by atoms with E-state index < -0.39 is 0 Å². The number of hydrogen-bond donors (Lipinski definition) is 0. The molecule has 0 radical (unpaired) electrons. The molecule has 0 fully saturated rings. The molecule has 60 heavy (non-hydrogen) atoms. The van der Waals surface area contributed by atoms with Crippen LogP contribution in [-0.4, -0.2) is 9.97 Å². The first-order valence-corrected chi connectivity index (χ1v) is 20.6. The second-order valence-corrected chi connectivity index (χ2v) is 16.5. The Morgan fingerprint density at radius 3 is 1.85 bits per heavy atom. The van der Waals surface area contributed by atoms with Crippen LogP contribution < -0.4 is 0 Å². The molecule has 2 aromatic heterocycles. The molecule has 0 bridgehead atoms. The van der Waals surface area contributed by atoms with E-state index in [1.807, 2.05) is 36.4 Å². The van der Waals surface area contributed by atoms with Gasteiger partial charge in [-0.2, -0.15) is 0 Å². The molecular weight excluding hydrogens is 729 g/mol. The van der Waals surface area contributed by atoms with Gasteiger partial charge in [0, 0.05) is 32.9 Å². The molecule has 0 saturated heterocycles. The second-order valence-electron chi connectivity index (χ2n) is 16.5. The average Bonchev–Trinajstić information content (AvgIpc) is 3.80. The Kier molecular flexibility index (Phi) is 7.58. The van der Waals surface area contributed by atoms with Crippen molar-refractivity contribution in [3.05, 3.63) is 205 Å². The molecular formula is C57H38N2O. The lowest BCUT2D eigenvalue weighted by Crippen LogP contribution is -2.14. The van der Waals surface area contributed by atoms with E-state index in [9.17, 15) is 0 Å². The van der Waals surface area contributed by atoms with E-state index in [1.54, 1.807) is 0 Å². The van der Waals surface area contributed by atoms with Crippen LogP contribution in [0.25, 0.3) is 111 Å². The number of para-hydroxylation sites is 1. The fourth-order valence-electron chi connectivity index (χ4n) is 9.77. The maximum absolute atomic E-state index is 6.27. The zero-order chi connectivity index (χ0) is 40.0. The third-order valence-electron chi connectivity index (χ3n) is 12.7. The van der Waals surface area contributed by atoms with E-state index in [-0.39, 0.29) is 5.41 Å². The fraction of sp³-hybridized carbons (Fsp3) is 0.0526. The number of benzene rings is 9. The third kappa shape index (κ3) is 5.29. The van der Waals surface area contributed by atoms with Crippen LogP contribution in [0, 0.1) is 0 Å². The molecule has 282 valence electrons. The number of aromatic nitrogens is 2. The van der Waals surface area contributed by atoms with Crippen LogP contribution in [0.1, 0.15) is 25.0 Å². The lowest BCUT2D eigenvalue weighted by atomic mass is 9.81. The van der Waals surface area contributed by atoms with Crippen molar-refractivity contribution in [2.45, 2.75) is 19.3 Å². The molecule has 1 aliphatic carbocycles. The Hall–Kier alpha value is -7.62. The van der Waals surface area contributed by atoms with Crippen molar-refractivity contribution in [1.82, 2.24) is 9.97 Å². The van der Waals surface area contributed by atoms with Gasteiger partial charge in [-0.25, -0.2) is 9.97 Å². The SMILES string of the molecule is CC1(C)c2cc3ccccc3cc2-c2c(-c3ccc(-c4cc(-c5cccc(-c6cccc7oc8ccccc8c67)c5)nc(-c5ccccc5)n4)c4ccccc34)cccc21. The quantitative estimate of drug-likeness (QED) is 0.175. The smallest absolute Gasteiger partial charge is 0.160 e. The first kappa shape index (κ1) is 34.4. The predicted molar refractivity (Wildman–Crippen MR) is 249 cm³/mol. The summed E-state index contributed by atoms with van der Waals surface area (Å²) < 4.78 is 6.27. The van der Waals surface area contributed by atoms with Gasteiger partial charge in [-0.15, -0.1) is 0 Å². The first-order valence-electron chi connectivity index (χ1n) is 20.6. The van der Waals surface area contributed by atoms with Crippen LogP contribution in [0.3, 0.4) is 0 Å². The average molecular weight is 767 g/mol. The molecule has 3 heteroatoms. The molecule has 11 aromatic rings. The van der Waals surface area contributed by atoms with Gasteiger partial charge in [-0.1, -0.05) is 172 Å². The zero-order valence-electron chi connectivity index (χ0n) is 33.3. The molecule has 0 spiro atoms. The van der Waals surface area contributed by atoms with Gasteiger partial charge in [-0.3, -0.25) is 0 Å². The van der Waals surface area contributed by atoms with Crippen molar-refractivity contribution >= 4 is 43.5 Å². The van der Waals surface area contributed by atoms with Crippen LogP contribution in [0.2, 0.25) is 0 Å². The van der Waals surface area contributed by atoms with Crippen molar-refractivity contribution in [1.29, 1.82) is 0 Å². The summed E-state index contributed by atoms with van der Waals surface area (Å²) in [4.78, 5) is 10.6. The standard InChI is InChI=1S/C57H38N2O/c1-57(2)48-26-13-25-45(54(48)47-32-36-17-6-7-18-37(36)33-49(47)57)43-29-30-44(42-22-9-8-21-41(42)43)51-34-50(58-56(59-51)35-15-4-3-5-16-35)39-20-12-19-38(31-39)40-24-14-28-53-55(40)46-23-10-11-27-52(46)60-53/h3-34H,1-2H3. The summed E-state index contributed by atoms with van der Waals surface area (Å²) in [6.45, 7) is 4.73. The highest BCUT2D eigenvalue weighted by Gasteiger charge is 2.37. The van der Waals surface area contributed by atoms with Gasteiger partial charge in [0.05, 0.1) is 11.4 Å². The maximum Gasteiger partial charge on any atom is 0.160 e. The van der Waals surface area contributed by atoms with Gasteiger partial charge < -0.3 is 4.42 Å². The summed E-state index contributed by atoms with van der Waals surface area (Å²) in [5.74, 6) is 0.691. The Morgan fingerprint density at radius 2 is 1.00 bits per heavy atom. The second kappa shape index (κ2) is 13.2. The molecule has 2 heterocycles. The number of fused-ring (bicyclic) bond motifs is 8. The van der Waals surface area contributed by atoms with Crippen LogP contribution in [0.5, 0.6) is 0 Å². The lowest BCUT2D eigenvalue weighted by molar-refractivity contribution is 0.661. The molecule has 1 aliphatic rings. The molecule has 0 aliphatic heterocycles. The molecule has 3 nitrogen and oxygen atoms in total. The normalized spacial score (nSPS) is 13.0. The van der Waals surface area contributed by atoms with Gasteiger partial charge in [0.1, 0.15) is 11.2 Å². The number of hydrogen-bond acceptors (Lipinski definition) is 3. The summed E-state index contributed by atoms with van der Waals surface area (Å²) >= 11 is 0. The summed E-state index contributed by atoms with van der Waals surface area (Å²) in [6.07, 6.45) is 0. The van der Waals surface area contributed by atoms with Crippen molar-refractivity contribution in [3.8, 4) is 67.3 Å². The van der Waals surface area contributed by atoms with Crippen LogP contribution >= 0.6 is 0 Å². The van der Waals surface area contributed by atoms with Gasteiger partial charge in [0.2, 0.25) is 0 Å². The Bertz CT molecular complexity index is 3520. The lowest BCUT2D eigenvalue weighted by Gasteiger charge is -2.22. The van der Waals surface area contributed by atoms with E-state index in [4.69, 9.17) is 14.4 Å². The summed E-state index contributed by atoms with van der Waals surface area (Å²) in [5, 5.41) is 7.12. The van der Waals surface area contributed by atoms with E-state index in [1.165, 1.54) is 49.5 Å². The zero-order valence-corrected chi connectivity index (χ0v) is 33.3. The highest BCUT2D eigenvalue weighted by Crippen LogP contribution is 2.54. The highest BCUT2D eigenvalue weighted by atomic mass is 16.3. The molecule has 0 N–H and O–H groups in total. The first-order chi connectivity index (χ1) is 29.5. The van der Waals surface area contributed by atoms with Crippen molar-refractivity contribution < 1.29 is 4.42 Å².